The van der Waals surface area contributed by atoms with Crippen LogP contribution in [0.5, 0.6) is 0 Å². The molecule has 2 rings (SSSR count). The highest BCUT2D eigenvalue weighted by molar-refractivity contribution is 6.10. The predicted octanol–water partition coefficient (Wildman–Crippen LogP) is 10.1. The highest BCUT2D eigenvalue weighted by Gasteiger charge is 2.44. The molecule has 0 aliphatic heterocycles. The van der Waals surface area contributed by atoms with Gasteiger partial charge < -0.3 is 0 Å². The van der Waals surface area contributed by atoms with Crippen LogP contribution in [0.25, 0.3) is 0 Å². The minimum Gasteiger partial charge on any atom is -0.248 e. The number of benzene rings is 2. The minimum absolute atomic E-state index is 0.367. The van der Waals surface area contributed by atoms with Crippen LogP contribution >= 0.6 is 0 Å². The summed E-state index contributed by atoms with van der Waals surface area (Å²) in [6.45, 7) is 0. The second-order valence-corrected chi connectivity index (χ2v) is 7.82. The van der Waals surface area contributed by atoms with Crippen LogP contribution in [-0.2, 0) is 24.7 Å². The normalized spacial score (nSPS) is 15.0. The first kappa shape index (κ1) is 33.7. The molecule has 0 unspecified atom stereocenters. The number of nitrogens with zero attached hydrogens (tertiary/aromatic N) is 2. The zero-order chi connectivity index (χ0) is 32.0. The standard InChI is InChI=1S/C21H8F18N2/c22-16(23,24)8-1-9(17(25,26)27)4-12(3-8)40-14(20(34,35)36)7-15(21(37,38)39)41-13-5-10(18(28,29)30)2-11(6-13)19(31,32)33/h1-6H,7H2. The molecule has 2 aromatic rings. The lowest BCUT2D eigenvalue weighted by molar-refractivity contribution is -0.144. The molecule has 228 valence electrons. The van der Waals surface area contributed by atoms with E-state index in [9.17, 15) is 79.0 Å². The van der Waals surface area contributed by atoms with Gasteiger partial charge in [-0.3, -0.25) is 0 Å². The van der Waals surface area contributed by atoms with Crippen molar-refractivity contribution >= 4 is 22.8 Å². The second-order valence-electron chi connectivity index (χ2n) is 7.82. The maximum atomic E-state index is 13.5. The number of halogens is 18. The first-order valence-electron chi connectivity index (χ1n) is 9.97. The molecule has 0 radical (unpaired) electrons. The van der Waals surface area contributed by atoms with E-state index in [2.05, 4.69) is 9.98 Å². The third-order valence-electron chi connectivity index (χ3n) is 4.66. The van der Waals surface area contributed by atoms with E-state index < -0.39 is 101 Å². The molecule has 0 amide bonds. The molecule has 0 heterocycles. The molecule has 0 aromatic heterocycles. The summed E-state index contributed by atoms with van der Waals surface area (Å²) in [5.74, 6) is 0. The van der Waals surface area contributed by atoms with Gasteiger partial charge in [0.1, 0.15) is 11.4 Å². The molecule has 2 nitrogen and oxygen atoms in total. The van der Waals surface area contributed by atoms with Gasteiger partial charge in [-0.1, -0.05) is 0 Å². The molecule has 0 spiro atoms. The van der Waals surface area contributed by atoms with E-state index in [0.717, 1.165) is 0 Å². The molecule has 0 saturated heterocycles. The predicted molar refractivity (Wildman–Crippen MR) is 104 cm³/mol. The van der Waals surface area contributed by atoms with Crippen molar-refractivity contribution in [3.05, 3.63) is 58.7 Å². The van der Waals surface area contributed by atoms with E-state index in [0.29, 0.717) is 0 Å². The molecule has 20 heteroatoms. The molecule has 0 atom stereocenters. The van der Waals surface area contributed by atoms with Crippen LogP contribution in [0.3, 0.4) is 0 Å². The summed E-state index contributed by atoms with van der Waals surface area (Å²) in [6, 6.07) is -2.52. The van der Waals surface area contributed by atoms with Crippen LogP contribution in [-0.4, -0.2) is 23.8 Å². The van der Waals surface area contributed by atoms with Crippen molar-refractivity contribution in [2.24, 2.45) is 9.98 Å². The molecule has 2 aromatic carbocycles. The largest absolute Gasteiger partial charge is 0.429 e. The molecule has 0 N–H and O–H groups in total. The van der Waals surface area contributed by atoms with Crippen molar-refractivity contribution in [2.45, 2.75) is 43.5 Å². The van der Waals surface area contributed by atoms with Crippen LogP contribution in [0.15, 0.2) is 46.4 Å². The Morgan fingerprint density at radius 3 is 0.780 bits per heavy atom. The van der Waals surface area contributed by atoms with Crippen molar-refractivity contribution < 1.29 is 79.0 Å². The summed E-state index contributed by atoms with van der Waals surface area (Å²) >= 11 is 0. The van der Waals surface area contributed by atoms with Crippen LogP contribution in [0.1, 0.15) is 28.7 Å². The van der Waals surface area contributed by atoms with Gasteiger partial charge in [0.15, 0.2) is 0 Å². The molecule has 41 heavy (non-hydrogen) atoms. The van der Waals surface area contributed by atoms with E-state index in [-0.39, 0.29) is 24.3 Å². The van der Waals surface area contributed by atoms with Crippen LogP contribution in [0, 0.1) is 0 Å². The van der Waals surface area contributed by atoms with Crippen molar-refractivity contribution in [2.75, 3.05) is 0 Å². The Labute approximate surface area is 215 Å². The fourth-order valence-electron chi connectivity index (χ4n) is 2.88. The van der Waals surface area contributed by atoms with Gasteiger partial charge in [-0.05, 0) is 36.4 Å². The van der Waals surface area contributed by atoms with Gasteiger partial charge in [0.05, 0.1) is 33.6 Å². The van der Waals surface area contributed by atoms with Crippen molar-refractivity contribution in [3.63, 3.8) is 0 Å². The maximum absolute atomic E-state index is 13.5. The third-order valence-corrected chi connectivity index (χ3v) is 4.66. The summed E-state index contributed by atoms with van der Waals surface area (Å²) in [5.41, 5.74) is -17.8. The third kappa shape index (κ3) is 9.27. The minimum atomic E-state index is -6.02. The van der Waals surface area contributed by atoms with Gasteiger partial charge in [0.25, 0.3) is 0 Å². The van der Waals surface area contributed by atoms with Crippen molar-refractivity contribution in [1.82, 2.24) is 0 Å². The smallest absolute Gasteiger partial charge is 0.248 e. The average molecular weight is 630 g/mol. The lowest BCUT2D eigenvalue weighted by Crippen LogP contribution is -2.32. The van der Waals surface area contributed by atoms with Crippen LogP contribution in [0.4, 0.5) is 90.4 Å². The second kappa shape index (κ2) is 10.7. The Kier molecular flexibility index (Phi) is 8.83. The number of hydrogen-bond acceptors (Lipinski definition) is 2. The number of alkyl halides is 18. The quantitative estimate of drug-likeness (QED) is 0.237. The number of hydrogen-bond donors (Lipinski definition) is 0. The monoisotopic (exact) mass is 630 g/mol. The molecule has 0 bridgehead atoms. The Morgan fingerprint density at radius 1 is 0.390 bits per heavy atom. The van der Waals surface area contributed by atoms with E-state index in [1.54, 1.807) is 0 Å². The number of aliphatic imine (C=N–C) groups is 2. The van der Waals surface area contributed by atoms with Gasteiger partial charge in [-0.2, -0.15) is 79.0 Å². The molecule has 0 aliphatic carbocycles. The Bertz CT molecular complexity index is 1150. The fourth-order valence-corrected chi connectivity index (χ4v) is 2.88. The highest BCUT2D eigenvalue weighted by Crippen LogP contribution is 2.41. The van der Waals surface area contributed by atoms with Gasteiger partial charge in [0.2, 0.25) is 0 Å². The Hall–Kier alpha value is -3.48. The van der Waals surface area contributed by atoms with Crippen molar-refractivity contribution in [3.8, 4) is 0 Å². The van der Waals surface area contributed by atoms with Crippen LogP contribution < -0.4 is 0 Å². The summed E-state index contributed by atoms with van der Waals surface area (Å²) < 4.78 is 237. The lowest BCUT2D eigenvalue weighted by Gasteiger charge is -2.17. The molecule has 0 fully saturated rings. The van der Waals surface area contributed by atoms with E-state index in [1.807, 2.05) is 0 Å². The maximum Gasteiger partial charge on any atom is 0.429 e. The van der Waals surface area contributed by atoms with Gasteiger partial charge >= 0.3 is 37.1 Å². The first-order valence-corrected chi connectivity index (χ1v) is 9.97. The molecular weight excluding hydrogens is 622 g/mol. The Morgan fingerprint density at radius 2 is 0.610 bits per heavy atom. The van der Waals surface area contributed by atoms with Crippen molar-refractivity contribution in [1.29, 1.82) is 0 Å². The average Bonchev–Trinajstić information content (AvgIpc) is 2.74. The zero-order valence-electron chi connectivity index (χ0n) is 18.9. The molecule has 0 aliphatic rings. The van der Waals surface area contributed by atoms with Gasteiger partial charge in [-0.25, -0.2) is 9.98 Å². The lowest BCUT2D eigenvalue weighted by atomic mass is 10.1. The topological polar surface area (TPSA) is 24.7 Å². The zero-order valence-corrected chi connectivity index (χ0v) is 18.9. The SMILES string of the molecule is FC(F)(F)C(CC(=Nc1cc(C(F)(F)F)cc(C(F)(F)F)c1)C(F)(F)F)=Nc1cc(C(F)(F)F)cc(C(F)(F)F)c1. The van der Waals surface area contributed by atoms with E-state index in [1.165, 1.54) is 0 Å². The summed E-state index contributed by atoms with van der Waals surface area (Å²) in [6.07, 6.45) is -37.1. The Balaban J connectivity index is 2.80. The fraction of sp³-hybridized carbons (Fsp3) is 0.333. The molecule has 0 saturated carbocycles. The van der Waals surface area contributed by atoms with E-state index in [4.69, 9.17) is 0 Å². The number of rotatable bonds is 4. The molecular formula is C21H8F18N2. The summed E-state index contributed by atoms with van der Waals surface area (Å²) in [5, 5.41) is 0. The first-order chi connectivity index (χ1) is 18.1. The van der Waals surface area contributed by atoms with E-state index >= 15 is 0 Å². The highest BCUT2D eigenvalue weighted by atomic mass is 19.4. The van der Waals surface area contributed by atoms with Gasteiger partial charge in [0, 0.05) is 6.42 Å². The summed E-state index contributed by atoms with van der Waals surface area (Å²) in [7, 11) is 0. The van der Waals surface area contributed by atoms with Gasteiger partial charge in [-0.15, -0.1) is 0 Å². The van der Waals surface area contributed by atoms with Crippen LogP contribution in [0.2, 0.25) is 0 Å². The summed E-state index contributed by atoms with van der Waals surface area (Å²) in [4.78, 5) is 4.88.